The van der Waals surface area contributed by atoms with E-state index in [0.717, 1.165) is 31.8 Å². The smallest absolute Gasteiger partial charge is 0.279 e. The van der Waals surface area contributed by atoms with Crippen LogP contribution in [0.15, 0.2) is 70.0 Å². The molecule has 33 heavy (non-hydrogen) atoms. The zero-order chi connectivity index (χ0) is 23.4. The van der Waals surface area contributed by atoms with Crippen molar-refractivity contribution in [2.24, 2.45) is 0 Å². The number of amides is 2. The molecule has 8 heteroatoms. The molecule has 4 aromatic rings. The van der Waals surface area contributed by atoms with E-state index >= 15 is 0 Å². The Balaban J connectivity index is 1.41. The number of ether oxygens (including phenoxy) is 1. The number of hydrogen-bond acceptors (Lipinski definition) is 5. The van der Waals surface area contributed by atoms with Gasteiger partial charge < -0.3 is 24.7 Å². The summed E-state index contributed by atoms with van der Waals surface area (Å²) in [4.78, 5) is 26.9. The van der Waals surface area contributed by atoms with Gasteiger partial charge in [0.2, 0.25) is 0 Å². The Kier molecular flexibility index (Phi) is 6.86. The first-order valence-electron chi connectivity index (χ1n) is 10.5. The van der Waals surface area contributed by atoms with Crippen LogP contribution in [0.4, 0.5) is 11.4 Å². The van der Waals surface area contributed by atoms with Gasteiger partial charge in [0, 0.05) is 21.7 Å². The van der Waals surface area contributed by atoms with Gasteiger partial charge in [-0.15, -0.1) is 11.8 Å². The van der Waals surface area contributed by atoms with Crippen molar-refractivity contribution in [1.29, 1.82) is 0 Å². The summed E-state index contributed by atoms with van der Waals surface area (Å²) in [6.45, 7) is 0.287. The van der Waals surface area contributed by atoms with Crippen LogP contribution in [0, 0.1) is 0 Å². The first-order valence-corrected chi connectivity index (χ1v) is 11.7. The van der Waals surface area contributed by atoms with Crippen molar-refractivity contribution >= 4 is 56.9 Å². The van der Waals surface area contributed by atoms with Crippen LogP contribution in [0.1, 0.15) is 0 Å². The summed E-state index contributed by atoms with van der Waals surface area (Å²) in [5.41, 5.74) is 2.74. The topological polar surface area (TPSA) is 85.0 Å². The van der Waals surface area contributed by atoms with Gasteiger partial charge in [-0.2, -0.15) is 0 Å². The summed E-state index contributed by atoms with van der Waals surface area (Å²) >= 11 is 1.57. The number of likely N-dealkylation sites (N-methyl/N-ethyl adjacent to an activating group) is 1. The third kappa shape index (κ3) is 5.13. The van der Waals surface area contributed by atoms with E-state index in [1.165, 1.54) is 0 Å². The lowest BCUT2D eigenvalue weighted by molar-refractivity contribution is -0.862. The predicted molar refractivity (Wildman–Crippen MR) is 132 cm³/mol. The molecule has 7 nitrogen and oxygen atoms in total. The molecule has 0 aliphatic heterocycles. The summed E-state index contributed by atoms with van der Waals surface area (Å²) < 4.78 is 11.4. The Hall–Kier alpha value is -3.49. The van der Waals surface area contributed by atoms with Crippen molar-refractivity contribution in [2.75, 3.05) is 44.1 Å². The Labute approximate surface area is 196 Å². The zero-order valence-corrected chi connectivity index (χ0v) is 19.5. The van der Waals surface area contributed by atoms with E-state index in [2.05, 4.69) is 10.6 Å². The molecule has 3 N–H and O–H groups in total. The van der Waals surface area contributed by atoms with E-state index in [9.17, 15) is 9.59 Å². The van der Waals surface area contributed by atoms with Gasteiger partial charge in [0.25, 0.3) is 11.8 Å². The van der Waals surface area contributed by atoms with Crippen LogP contribution >= 0.6 is 11.8 Å². The Morgan fingerprint density at radius 3 is 2.30 bits per heavy atom. The highest BCUT2D eigenvalue weighted by Gasteiger charge is 2.18. The number of anilines is 2. The lowest BCUT2D eigenvalue weighted by Crippen LogP contribution is -3.11. The van der Waals surface area contributed by atoms with Crippen molar-refractivity contribution < 1.29 is 23.6 Å². The minimum absolute atomic E-state index is 0.124. The van der Waals surface area contributed by atoms with E-state index in [1.54, 1.807) is 32.0 Å². The summed E-state index contributed by atoms with van der Waals surface area (Å²) in [6, 6.07) is 19.0. The molecule has 1 heterocycles. The maximum Gasteiger partial charge on any atom is 0.279 e. The predicted octanol–water partition coefficient (Wildman–Crippen LogP) is 3.41. The number of fused-ring (bicyclic) bond motifs is 3. The summed E-state index contributed by atoms with van der Waals surface area (Å²) in [5.74, 6) is 0.174. The lowest BCUT2D eigenvalue weighted by Gasteiger charge is -2.15. The Bertz CT molecular complexity index is 1320. The van der Waals surface area contributed by atoms with E-state index < -0.39 is 0 Å². The lowest BCUT2D eigenvalue weighted by atomic mass is 10.1. The van der Waals surface area contributed by atoms with E-state index in [4.69, 9.17) is 9.15 Å². The normalized spacial score (nSPS) is 12.0. The second-order valence-corrected chi connectivity index (χ2v) is 8.60. The molecule has 3 aromatic carbocycles. The summed E-state index contributed by atoms with van der Waals surface area (Å²) in [6.07, 6.45) is 1.96. The molecule has 2 amide bonds. The highest BCUT2D eigenvalue weighted by atomic mass is 32.2. The fourth-order valence-corrected chi connectivity index (χ4v) is 4.32. The fraction of sp³-hybridized carbons (Fsp3) is 0.200. The van der Waals surface area contributed by atoms with Crippen LogP contribution in [-0.4, -0.2) is 45.3 Å². The van der Waals surface area contributed by atoms with Gasteiger partial charge in [-0.1, -0.05) is 30.3 Å². The monoisotopic (exact) mass is 464 g/mol. The second-order valence-electron chi connectivity index (χ2n) is 7.75. The number of quaternary nitrogens is 1. The van der Waals surface area contributed by atoms with Gasteiger partial charge in [0.05, 0.1) is 25.5 Å². The third-order valence-electron chi connectivity index (χ3n) is 5.28. The third-order valence-corrected chi connectivity index (χ3v) is 6.07. The number of carbonyl (C=O) groups is 2. The highest BCUT2D eigenvalue weighted by Crippen LogP contribution is 2.36. The van der Waals surface area contributed by atoms with Gasteiger partial charge in [-0.3, -0.25) is 9.59 Å². The fourth-order valence-electron chi connectivity index (χ4n) is 3.77. The van der Waals surface area contributed by atoms with Crippen LogP contribution < -0.4 is 20.3 Å². The minimum Gasteiger partial charge on any atom is -0.495 e. The second kappa shape index (κ2) is 9.97. The zero-order valence-electron chi connectivity index (χ0n) is 18.7. The van der Waals surface area contributed by atoms with Gasteiger partial charge >= 0.3 is 0 Å². The van der Waals surface area contributed by atoms with E-state index in [0.29, 0.717) is 17.0 Å². The van der Waals surface area contributed by atoms with Crippen molar-refractivity contribution in [3.05, 3.63) is 60.7 Å². The van der Waals surface area contributed by atoms with Gasteiger partial charge in [0.1, 0.15) is 16.9 Å². The van der Waals surface area contributed by atoms with Crippen LogP contribution in [0.5, 0.6) is 5.75 Å². The molecule has 170 valence electrons. The maximum atomic E-state index is 12.7. The molecular formula is C25H26N3O4S+. The Morgan fingerprint density at radius 1 is 0.909 bits per heavy atom. The quantitative estimate of drug-likeness (QED) is 0.348. The molecule has 0 bridgehead atoms. The molecule has 4 rings (SSSR count). The van der Waals surface area contributed by atoms with Gasteiger partial charge in [-0.25, -0.2) is 0 Å². The molecule has 1 unspecified atom stereocenters. The van der Waals surface area contributed by atoms with E-state index in [1.807, 2.05) is 60.9 Å². The van der Waals surface area contributed by atoms with Gasteiger partial charge in [0.15, 0.2) is 13.1 Å². The number of furan rings is 1. The minimum atomic E-state index is -0.224. The number of carbonyl (C=O) groups excluding carboxylic acids is 2. The average Bonchev–Trinajstić information content (AvgIpc) is 3.15. The first kappa shape index (κ1) is 22.7. The Morgan fingerprint density at radius 2 is 1.58 bits per heavy atom. The van der Waals surface area contributed by atoms with Crippen LogP contribution in [0.3, 0.4) is 0 Å². The molecule has 0 aliphatic carbocycles. The van der Waals surface area contributed by atoms with Crippen molar-refractivity contribution in [1.82, 2.24) is 0 Å². The molecule has 1 aromatic heterocycles. The molecule has 0 aliphatic rings. The molecule has 0 radical (unpaired) electrons. The summed E-state index contributed by atoms with van der Waals surface area (Å²) in [7, 11) is 3.37. The summed E-state index contributed by atoms with van der Waals surface area (Å²) in [5, 5.41) is 7.72. The number of rotatable bonds is 8. The number of methoxy groups -OCH3 is 1. The number of nitrogens with one attached hydrogen (secondary N) is 3. The van der Waals surface area contributed by atoms with Crippen LogP contribution in [-0.2, 0) is 9.59 Å². The standard InChI is InChI=1S/C25H25N3O4S/c1-28(14-24(29)26-18-9-5-7-11-23(18)33-3)15-25(30)27-19-13-21-17(12-22(19)31-2)16-8-4-6-10-20(16)32-21/h4-13H,14-15H2,1-3H3,(H,26,29)(H,27,30)/p+1. The molecular weight excluding hydrogens is 438 g/mol. The van der Waals surface area contributed by atoms with Crippen LogP contribution in [0.25, 0.3) is 21.9 Å². The largest absolute Gasteiger partial charge is 0.495 e. The average molecular weight is 465 g/mol. The first-order chi connectivity index (χ1) is 16.0. The maximum absolute atomic E-state index is 12.7. The van der Waals surface area contributed by atoms with E-state index in [-0.39, 0.29) is 24.9 Å². The number of thioether (sulfide) groups is 1. The number of para-hydroxylation sites is 2. The van der Waals surface area contributed by atoms with Crippen molar-refractivity contribution in [3.8, 4) is 5.75 Å². The SMILES string of the molecule is COc1cc2c(cc1NC(=O)C[NH+](C)CC(=O)Nc1ccccc1SC)oc1ccccc12. The molecule has 0 saturated heterocycles. The molecule has 0 spiro atoms. The molecule has 0 fully saturated rings. The molecule has 1 atom stereocenters. The highest BCUT2D eigenvalue weighted by molar-refractivity contribution is 7.98. The van der Waals surface area contributed by atoms with Crippen LogP contribution in [0.2, 0.25) is 0 Å². The van der Waals surface area contributed by atoms with Crippen molar-refractivity contribution in [2.45, 2.75) is 4.90 Å². The van der Waals surface area contributed by atoms with Gasteiger partial charge in [-0.05, 0) is 30.5 Å². The number of benzene rings is 3. The van der Waals surface area contributed by atoms with Crippen molar-refractivity contribution in [3.63, 3.8) is 0 Å². The number of hydrogen-bond donors (Lipinski definition) is 3. The molecule has 0 saturated carbocycles.